The Morgan fingerprint density at radius 3 is 2.56 bits per heavy atom. The van der Waals surface area contributed by atoms with Crippen molar-refractivity contribution in [2.24, 2.45) is 0 Å². The Labute approximate surface area is 104 Å². The van der Waals surface area contributed by atoms with Gasteiger partial charge in [-0.05, 0) is 29.8 Å². The third kappa shape index (κ3) is 2.64. The van der Waals surface area contributed by atoms with Crippen LogP contribution in [-0.2, 0) is 6.61 Å². The van der Waals surface area contributed by atoms with E-state index in [-0.39, 0.29) is 18.1 Å². The first-order valence-electron chi connectivity index (χ1n) is 5.36. The van der Waals surface area contributed by atoms with Crippen LogP contribution in [-0.4, -0.2) is 21.1 Å². The average Bonchev–Trinajstić information content (AvgIpc) is 2.40. The lowest BCUT2D eigenvalue weighted by molar-refractivity contribution is 0.101. The van der Waals surface area contributed by atoms with Gasteiger partial charge >= 0.3 is 0 Å². The van der Waals surface area contributed by atoms with E-state index in [1.807, 2.05) is 0 Å². The van der Waals surface area contributed by atoms with Crippen molar-refractivity contribution in [1.29, 1.82) is 0 Å². The Kier molecular flexibility index (Phi) is 3.54. The number of carbonyl (C=O) groups excluding carboxylic acids is 1. The second-order valence-corrected chi connectivity index (χ2v) is 3.68. The maximum Gasteiger partial charge on any atom is 0.278 e. The number of carbonyl (C=O) groups is 1. The Morgan fingerprint density at radius 2 is 1.94 bits per heavy atom. The van der Waals surface area contributed by atoms with Crippen molar-refractivity contribution in [2.75, 3.05) is 5.32 Å². The minimum absolute atomic E-state index is 0.0243. The van der Waals surface area contributed by atoms with Crippen LogP contribution in [0.3, 0.4) is 0 Å². The molecule has 0 spiro atoms. The number of pyridine rings is 1. The molecule has 1 heterocycles. The summed E-state index contributed by atoms with van der Waals surface area (Å²) in [7, 11) is 0. The van der Waals surface area contributed by atoms with Gasteiger partial charge < -0.3 is 15.5 Å². The summed E-state index contributed by atoms with van der Waals surface area (Å²) in [5, 5.41) is 21.0. The second kappa shape index (κ2) is 5.29. The molecular weight excluding hydrogens is 232 g/mol. The Hall–Kier alpha value is -2.40. The Balaban J connectivity index is 2.14. The summed E-state index contributed by atoms with van der Waals surface area (Å²) in [6.07, 6.45) is 1.43. The van der Waals surface area contributed by atoms with Gasteiger partial charge in [0.25, 0.3) is 5.91 Å². The maximum absolute atomic E-state index is 11.8. The van der Waals surface area contributed by atoms with Crippen molar-refractivity contribution in [2.45, 2.75) is 6.61 Å². The smallest absolute Gasteiger partial charge is 0.278 e. The molecule has 0 aliphatic rings. The highest BCUT2D eigenvalue weighted by Crippen LogP contribution is 2.15. The molecule has 0 saturated heterocycles. The molecule has 1 aromatic carbocycles. The summed E-state index contributed by atoms with van der Waals surface area (Å²) in [5.74, 6) is -0.646. The number of hydrogen-bond donors (Lipinski definition) is 3. The maximum atomic E-state index is 11.8. The molecule has 0 atom stereocenters. The summed E-state index contributed by atoms with van der Waals surface area (Å²) in [6, 6.07) is 9.69. The van der Waals surface area contributed by atoms with E-state index < -0.39 is 5.91 Å². The SMILES string of the molecule is O=C(Nc1ccc(CO)cc1)c1ncccc1O. The van der Waals surface area contributed by atoms with Crippen molar-refractivity contribution in [3.8, 4) is 5.75 Å². The minimum atomic E-state index is -0.482. The van der Waals surface area contributed by atoms with Gasteiger partial charge in [0.1, 0.15) is 5.75 Å². The molecule has 0 bridgehead atoms. The van der Waals surface area contributed by atoms with Gasteiger partial charge in [-0.25, -0.2) is 4.98 Å². The third-order valence-electron chi connectivity index (χ3n) is 2.40. The van der Waals surface area contributed by atoms with Gasteiger partial charge in [-0.3, -0.25) is 4.79 Å². The van der Waals surface area contributed by atoms with Crippen LogP contribution < -0.4 is 5.32 Å². The Morgan fingerprint density at radius 1 is 1.22 bits per heavy atom. The van der Waals surface area contributed by atoms with E-state index in [4.69, 9.17) is 5.11 Å². The first-order valence-corrected chi connectivity index (χ1v) is 5.36. The quantitative estimate of drug-likeness (QED) is 0.764. The number of aromatic hydroxyl groups is 1. The fourth-order valence-corrected chi connectivity index (χ4v) is 1.46. The predicted octanol–water partition coefficient (Wildman–Crippen LogP) is 1.53. The monoisotopic (exact) mass is 244 g/mol. The van der Waals surface area contributed by atoms with E-state index in [1.165, 1.54) is 12.3 Å². The Bertz CT molecular complexity index is 552. The summed E-state index contributed by atoms with van der Waals surface area (Å²) in [4.78, 5) is 15.6. The fraction of sp³-hybridized carbons (Fsp3) is 0.0769. The van der Waals surface area contributed by atoms with Crippen molar-refractivity contribution >= 4 is 11.6 Å². The number of nitrogens with one attached hydrogen (secondary N) is 1. The molecule has 1 aromatic heterocycles. The summed E-state index contributed by atoms with van der Waals surface area (Å²) < 4.78 is 0. The van der Waals surface area contributed by atoms with Crippen molar-refractivity contribution in [3.05, 3.63) is 53.9 Å². The van der Waals surface area contributed by atoms with Crippen molar-refractivity contribution in [1.82, 2.24) is 4.98 Å². The van der Waals surface area contributed by atoms with E-state index in [9.17, 15) is 9.90 Å². The number of hydrogen-bond acceptors (Lipinski definition) is 4. The first kappa shape index (κ1) is 12.1. The molecule has 5 nitrogen and oxygen atoms in total. The van der Waals surface area contributed by atoms with E-state index in [0.29, 0.717) is 5.69 Å². The van der Waals surface area contributed by atoms with Gasteiger partial charge in [0.2, 0.25) is 0 Å². The first-order chi connectivity index (χ1) is 8.70. The van der Waals surface area contributed by atoms with Gasteiger partial charge in [0.05, 0.1) is 6.61 Å². The highest BCUT2D eigenvalue weighted by molar-refractivity contribution is 6.04. The van der Waals surface area contributed by atoms with Crippen LogP contribution in [0, 0.1) is 0 Å². The molecule has 2 rings (SSSR count). The molecule has 0 fully saturated rings. The third-order valence-corrected chi connectivity index (χ3v) is 2.40. The summed E-state index contributed by atoms with van der Waals surface area (Å²) in [5.41, 5.74) is 1.31. The zero-order valence-electron chi connectivity index (χ0n) is 9.50. The predicted molar refractivity (Wildman–Crippen MR) is 66.2 cm³/mol. The molecule has 0 unspecified atom stereocenters. The molecule has 0 radical (unpaired) electrons. The van der Waals surface area contributed by atoms with Crippen LogP contribution in [0.25, 0.3) is 0 Å². The van der Waals surface area contributed by atoms with Crippen LogP contribution in [0.2, 0.25) is 0 Å². The number of aliphatic hydroxyl groups is 1. The normalized spacial score (nSPS) is 10.1. The lowest BCUT2D eigenvalue weighted by Gasteiger charge is -2.06. The number of nitrogens with zero attached hydrogens (tertiary/aromatic N) is 1. The molecule has 5 heteroatoms. The fourth-order valence-electron chi connectivity index (χ4n) is 1.46. The lowest BCUT2D eigenvalue weighted by Crippen LogP contribution is -2.13. The topological polar surface area (TPSA) is 82.5 Å². The van der Waals surface area contributed by atoms with Gasteiger partial charge in [0.15, 0.2) is 5.69 Å². The lowest BCUT2D eigenvalue weighted by atomic mass is 10.2. The molecule has 3 N–H and O–H groups in total. The zero-order chi connectivity index (χ0) is 13.0. The molecule has 0 saturated carbocycles. The highest BCUT2D eigenvalue weighted by atomic mass is 16.3. The molecule has 92 valence electrons. The largest absolute Gasteiger partial charge is 0.505 e. The van der Waals surface area contributed by atoms with Crippen molar-refractivity contribution < 1.29 is 15.0 Å². The van der Waals surface area contributed by atoms with Crippen LogP contribution in [0.5, 0.6) is 5.75 Å². The minimum Gasteiger partial charge on any atom is -0.505 e. The zero-order valence-corrected chi connectivity index (χ0v) is 9.50. The molecule has 1 amide bonds. The molecule has 0 aliphatic heterocycles. The van der Waals surface area contributed by atoms with Gasteiger partial charge in [0, 0.05) is 11.9 Å². The molecule has 18 heavy (non-hydrogen) atoms. The number of aliphatic hydroxyl groups excluding tert-OH is 1. The van der Waals surface area contributed by atoms with Gasteiger partial charge in [-0.15, -0.1) is 0 Å². The number of aromatic nitrogens is 1. The van der Waals surface area contributed by atoms with Crippen LogP contribution in [0.15, 0.2) is 42.6 Å². The number of amides is 1. The van der Waals surface area contributed by atoms with Gasteiger partial charge in [-0.1, -0.05) is 12.1 Å². The highest BCUT2D eigenvalue weighted by Gasteiger charge is 2.11. The van der Waals surface area contributed by atoms with Crippen molar-refractivity contribution in [3.63, 3.8) is 0 Å². The number of benzene rings is 1. The molecular formula is C13H12N2O3. The van der Waals surface area contributed by atoms with E-state index in [0.717, 1.165) is 5.56 Å². The van der Waals surface area contributed by atoms with Crippen LogP contribution >= 0.6 is 0 Å². The van der Waals surface area contributed by atoms with E-state index in [2.05, 4.69) is 10.3 Å². The van der Waals surface area contributed by atoms with Crippen LogP contribution in [0.1, 0.15) is 16.1 Å². The number of anilines is 1. The number of rotatable bonds is 3. The van der Waals surface area contributed by atoms with Crippen LogP contribution in [0.4, 0.5) is 5.69 Å². The average molecular weight is 244 g/mol. The molecule has 2 aromatic rings. The standard InChI is InChI=1S/C13H12N2O3/c16-8-9-3-5-10(6-4-9)15-13(18)12-11(17)2-1-7-14-12/h1-7,16-17H,8H2,(H,15,18). The van der Waals surface area contributed by atoms with E-state index >= 15 is 0 Å². The van der Waals surface area contributed by atoms with Gasteiger partial charge in [-0.2, -0.15) is 0 Å². The van der Waals surface area contributed by atoms with E-state index in [1.54, 1.807) is 30.3 Å². The summed E-state index contributed by atoms with van der Waals surface area (Å²) in [6.45, 7) is -0.0464. The summed E-state index contributed by atoms with van der Waals surface area (Å²) >= 11 is 0. The molecule has 0 aliphatic carbocycles. The second-order valence-electron chi connectivity index (χ2n) is 3.68.